The van der Waals surface area contributed by atoms with Crippen LogP contribution in [0.2, 0.25) is 0 Å². The molecule has 3 rings (SSSR count). The standard InChI is InChI=1S/C13H14BrN5O3S/c1-18-2-4-19(5-3-18)12(21)11(20)16-13-15-8(7-23-13)9-6-10(14)17-22-9/h6-7H,2-5H2,1H3,(H,15,16,20). The van der Waals surface area contributed by atoms with Crippen LogP contribution in [0.4, 0.5) is 5.13 Å². The Kier molecular flexibility index (Phi) is 4.74. The molecule has 0 radical (unpaired) electrons. The molecule has 1 fully saturated rings. The lowest BCUT2D eigenvalue weighted by Crippen LogP contribution is -2.50. The number of aromatic nitrogens is 2. The summed E-state index contributed by atoms with van der Waals surface area (Å²) >= 11 is 4.41. The van der Waals surface area contributed by atoms with Gasteiger partial charge >= 0.3 is 11.8 Å². The Bertz CT molecular complexity index is 723. The Morgan fingerprint density at radius 1 is 1.35 bits per heavy atom. The Labute approximate surface area is 144 Å². The van der Waals surface area contributed by atoms with Crippen molar-refractivity contribution in [1.29, 1.82) is 0 Å². The van der Waals surface area contributed by atoms with Gasteiger partial charge in [0, 0.05) is 37.6 Å². The van der Waals surface area contributed by atoms with E-state index in [1.54, 1.807) is 16.3 Å². The summed E-state index contributed by atoms with van der Waals surface area (Å²) in [4.78, 5) is 32.1. The van der Waals surface area contributed by atoms with Gasteiger partial charge in [0.1, 0.15) is 10.3 Å². The quantitative estimate of drug-likeness (QED) is 0.764. The van der Waals surface area contributed by atoms with E-state index in [9.17, 15) is 9.59 Å². The highest BCUT2D eigenvalue weighted by atomic mass is 79.9. The minimum Gasteiger partial charge on any atom is -0.353 e. The monoisotopic (exact) mass is 399 g/mol. The fraction of sp³-hybridized carbons (Fsp3) is 0.385. The summed E-state index contributed by atoms with van der Waals surface area (Å²) in [5.41, 5.74) is 0.551. The summed E-state index contributed by atoms with van der Waals surface area (Å²) < 4.78 is 5.64. The van der Waals surface area contributed by atoms with Crippen molar-refractivity contribution in [2.24, 2.45) is 0 Å². The van der Waals surface area contributed by atoms with Crippen LogP contribution in [0.3, 0.4) is 0 Å². The SMILES string of the molecule is CN1CCN(C(=O)C(=O)Nc2nc(-c3cc(Br)no3)cs2)CC1. The van der Waals surface area contributed by atoms with Gasteiger partial charge in [-0.1, -0.05) is 5.16 Å². The van der Waals surface area contributed by atoms with E-state index in [2.05, 4.69) is 36.3 Å². The molecule has 122 valence electrons. The molecule has 1 N–H and O–H groups in total. The maximum atomic E-state index is 12.1. The second-order valence-corrected chi connectivity index (χ2v) is 6.77. The summed E-state index contributed by atoms with van der Waals surface area (Å²) in [5, 5.41) is 8.32. The lowest BCUT2D eigenvalue weighted by atomic mass is 10.3. The van der Waals surface area contributed by atoms with Gasteiger partial charge in [0.25, 0.3) is 0 Å². The highest BCUT2D eigenvalue weighted by Gasteiger charge is 2.25. The molecule has 2 aromatic rings. The lowest BCUT2D eigenvalue weighted by Gasteiger charge is -2.31. The Hall–Kier alpha value is -1.78. The number of carbonyl (C=O) groups excluding carboxylic acids is 2. The smallest absolute Gasteiger partial charge is 0.315 e. The first-order valence-corrected chi connectivity index (χ1v) is 8.57. The van der Waals surface area contributed by atoms with E-state index in [0.717, 1.165) is 13.1 Å². The number of carbonyl (C=O) groups is 2. The highest BCUT2D eigenvalue weighted by Crippen LogP contribution is 2.26. The molecule has 0 aromatic carbocycles. The molecule has 0 saturated carbocycles. The summed E-state index contributed by atoms with van der Waals surface area (Å²) in [7, 11) is 1.99. The van der Waals surface area contributed by atoms with E-state index < -0.39 is 11.8 Å². The van der Waals surface area contributed by atoms with Crippen molar-refractivity contribution in [2.75, 3.05) is 38.5 Å². The zero-order chi connectivity index (χ0) is 16.4. The third-order valence-electron chi connectivity index (χ3n) is 3.44. The number of thiazole rings is 1. The topological polar surface area (TPSA) is 91.6 Å². The second kappa shape index (κ2) is 6.77. The maximum absolute atomic E-state index is 12.1. The first kappa shape index (κ1) is 16.1. The number of hydrogen-bond acceptors (Lipinski definition) is 7. The normalized spacial score (nSPS) is 15.7. The van der Waals surface area contributed by atoms with Crippen LogP contribution in [0.25, 0.3) is 11.5 Å². The largest absolute Gasteiger partial charge is 0.353 e. The van der Waals surface area contributed by atoms with Gasteiger partial charge in [0.05, 0.1) is 0 Å². The van der Waals surface area contributed by atoms with Gasteiger partial charge in [-0.25, -0.2) is 4.98 Å². The van der Waals surface area contributed by atoms with Crippen LogP contribution in [-0.4, -0.2) is 65.0 Å². The van der Waals surface area contributed by atoms with Crippen molar-refractivity contribution in [3.8, 4) is 11.5 Å². The summed E-state index contributed by atoms with van der Waals surface area (Å²) in [6.45, 7) is 2.64. The van der Waals surface area contributed by atoms with Crippen molar-refractivity contribution in [2.45, 2.75) is 0 Å². The van der Waals surface area contributed by atoms with Crippen LogP contribution < -0.4 is 5.32 Å². The predicted octanol–water partition coefficient (Wildman–Crippen LogP) is 1.27. The van der Waals surface area contributed by atoms with Crippen LogP contribution in [0, 0.1) is 0 Å². The molecular formula is C13H14BrN5O3S. The van der Waals surface area contributed by atoms with E-state index in [1.807, 2.05) is 7.05 Å². The molecule has 1 aliphatic heterocycles. The third kappa shape index (κ3) is 3.77. The molecule has 23 heavy (non-hydrogen) atoms. The van der Waals surface area contributed by atoms with Crippen LogP contribution >= 0.6 is 27.3 Å². The number of amides is 2. The molecule has 1 saturated heterocycles. The van der Waals surface area contributed by atoms with Crippen LogP contribution in [0.1, 0.15) is 0 Å². The predicted molar refractivity (Wildman–Crippen MR) is 88.0 cm³/mol. The maximum Gasteiger partial charge on any atom is 0.315 e. The Balaban J connectivity index is 1.62. The molecule has 0 unspecified atom stereocenters. The fourth-order valence-electron chi connectivity index (χ4n) is 2.12. The average molecular weight is 400 g/mol. The van der Waals surface area contributed by atoms with E-state index in [1.165, 1.54) is 11.3 Å². The molecule has 8 nitrogen and oxygen atoms in total. The van der Waals surface area contributed by atoms with Crippen molar-refractivity contribution in [3.05, 3.63) is 16.0 Å². The number of hydrogen-bond donors (Lipinski definition) is 1. The van der Waals surface area contributed by atoms with E-state index in [0.29, 0.717) is 34.3 Å². The van der Waals surface area contributed by atoms with Gasteiger partial charge in [-0.05, 0) is 23.0 Å². The molecule has 2 aromatic heterocycles. The zero-order valence-corrected chi connectivity index (χ0v) is 14.7. The molecule has 0 bridgehead atoms. The molecule has 1 aliphatic rings. The number of likely N-dealkylation sites (N-methyl/N-ethyl adjacent to an activating group) is 1. The van der Waals surface area contributed by atoms with Crippen LogP contribution in [-0.2, 0) is 9.59 Å². The summed E-state index contributed by atoms with van der Waals surface area (Å²) in [6.07, 6.45) is 0. The van der Waals surface area contributed by atoms with E-state index in [-0.39, 0.29) is 0 Å². The summed E-state index contributed by atoms with van der Waals surface area (Å²) in [6, 6.07) is 1.68. The van der Waals surface area contributed by atoms with Crippen molar-refractivity contribution in [3.63, 3.8) is 0 Å². The first-order chi connectivity index (χ1) is 11.0. The number of anilines is 1. The van der Waals surface area contributed by atoms with Gasteiger partial charge in [-0.3, -0.25) is 14.9 Å². The highest BCUT2D eigenvalue weighted by molar-refractivity contribution is 9.10. The van der Waals surface area contributed by atoms with Crippen molar-refractivity contribution >= 4 is 44.2 Å². The molecular weight excluding hydrogens is 386 g/mol. The van der Waals surface area contributed by atoms with Gasteiger partial charge in [-0.15, -0.1) is 11.3 Å². The average Bonchev–Trinajstić information content (AvgIpc) is 3.16. The fourth-order valence-corrected chi connectivity index (χ4v) is 3.10. The van der Waals surface area contributed by atoms with Gasteiger partial charge in [0.15, 0.2) is 10.9 Å². The van der Waals surface area contributed by atoms with E-state index >= 15 is 0 Å². The molecule has 0 atom stereocenters. The molecule has 0 aliphatic carbocycles. The second-order valence-electron chi connectivity index (χ2n) is 5.10. The van der Waals surface area contributed by atoms with Crippen molar-refractivity contribution in [1.82, 2.24) is 19.9 Å². The van der Waals surface area contributed by atoms with Gasteiger partial charge in [-0.2, -0.15) is 0 Å². The minimum absolute atomic E-state index is 0.347. The number of nitrogens with one attached hydrogen (secondary N) is 1. The number of nitrogens with zero attached hydrogens (tertiary/aromatic N) is 4. The molecule has 2 amide bonds. The molecule has 3 heterocycles. The lowest BCUT2D eigenvalue weighted by molar-refractivity contribution is -0.144. The Morgan fingerprint density at radius 3 is 2.74 bits per heavy atom. The number of piperazine rings is 1. The molecule has 10 heteroatoms. The third-order valence-corrected chi connectivity index (χ3v) is 4.57. The van der Waals surface area contributed by atoms with Crippen molar-refractivity contribution < 1.29 is 14.1 Å². The van der Waals surface area contributed by atoms with Gasteiger partial charge in [0.2, 0.25) is 0 Å². The van der Waals surface area contributed by atoms with Crippen LogP contribution in [0.15, 0.2) is 20.6 Å². The van der Waals surface area contributed by atoms with E-state index in [4.69, 9.17) is 4.52 Å². The summed E-state index contributed by atoms with van der Waals surface area (Å²) in [5.74, 6) is -0.717. The first-order valence-electron chi connectivity index (χ1n) is 6.90. The number of rotatable bonds is 2. The van der Waals surface area contributed by atoms with Gasteiger partial charge < -0.3 is 14.3 Å². The van der Waals surface area contributed by atoms with Crippen LogP contribution in [0.5, 0.6) is 0 Å². The zero-order valence-electron chi connectivity index (χ0n) is 12.3. The number of halogens is 1. The minimum atomic E-state index is -0.672. The Morgan fingerprint density at radius 2 is 2.09 bits per heavy atom. The molecule has 0 spiro atoms.